The van der Waals surface area contributed by atoms with Gasteiger partial charge in [0.2, 0.25) is 0 Å². The number of likely N-dealkylation sites (N-methyl/N-ethyl adjacent to an activating group) is 1. The van der Waals surface area contributed by atoms with Crippen molar-refractivity contribution in [1.82, 2.24) is 10.2 Å². The maximum Gasteiger partial charge on any atom is 0.131 e. The molecule has 0 aliphatic carbocycles. The fraction of sp³-hybridized carbons (Fsp3) is 0.600. The van der Waals surface area contributed by atoms with Crippen LogP contribution in [0.3, 0.4) is 0 Å². The summed E-state index contributed by atoms with van der Waals surface area (Å²) >= 11 is 0. The van der Waals surface area contributed by atoms with Crippen molar-refractivity contribution >= 4 is 0 Å². The molecular formula is C15H24F2N2O. The first-order chi connectivity index (χ1) is 9.31. The summed E-state index contributed by atoms with van der Waals surface area (Å²) in [7, 11) is 3.96. The Morgan fingerprint density at radius 1 is 1.25 bits per heavy atom. The van der Waals surface area contributed by atoms with Crippen LogP contribution in [-0.2, 0) is 0 Å². The fourth-order valence-corrected chi connectivity index (χ4v) is 2.05. The van der Waals surface area contributed by atoms with Gasteiger partial charge in [0.15, 0.2) is 0 Å². The van der Waals surface area contributed by atoms with Crippen LogP contribution in [0.15, 0.2) is 18.2 Å². The number of rotatable bonds is 7. The van der Waals surface area contributed by atoms with E-state index in [2.05, 4.69) is 24.1 Å². The van der Waals surface area contributed by atoms with Crippen molar-refractivity contribution in [3.05, 3.63) is 35.4 Å². The molecule has 0 aliphatic heterocycles. The molecule has 0 saturated heterocycles. The molecule has 0 aliphatic rings. The molecule has 0 fully saturated rings. The summed E-state index contributed by atoms with van der Waals surface area (Å²) in [5.41, 5.74) is 0.117. The molecule has 114 valence electrons. The van der Waals surface area contributed by atoms with Gasteiger partial charge in [-0.2, -0.15) is 0 Å². The number of nitrogens with zero attached hydrogens (tertiary/aromatic N) is 1. The predicted molar refractivity (Wildman–Crippen MR) is 76.5 cm³/mol. The number of halogens is 2. The molecule has 0 spiro atoms. The van der Waals surface area contributed by atoms with E-state index in [1.807, 2.05) is 14.1 Å². The van der Waals surface area contributed by atoms with E-state index in [0.717, 1.165) is 18.7 Å². The quantitative estimate of drug-likeness (QED) is 0.806. The lowest BCUT2D eigenvalue weighted by Gasteiger charge is -2.27. The predicted octanol–water partition coefficient (Wildman–Crippen LogP) is 2.17. The summed E-state index contributed by atoms with van der Waals surface area (Å²) in [6.07, 6.45) is -0.987. The monoisotopic (exact) mass is 286 g/mol. The highest BCUT2D eigenvalue weighted by molar-refractivity contribution is 5.21. The van der Waals surface area contributed by atoms with Crippen molar-refractivity contribution < 1.29 is 13.9 Å². The maximum absolute atomic E-state index is 13.6. The van der Waals surface area contributed by atoms with Gasteiger partial charge in [0, 0.05) is 30.8 Å². The van der Waals surface area contributed by atoms with Crippen molar-refractivity contribution in [3.63, 3.8) is 0 Å². The second kappa shape index (κ2) is 7.67. The fourth-order valence-electron chi connectivity index (χ4n) is 2.05. The van der Waals surface area contributed by atoms with Crippen molar-refractivity contribution in [1.29, 1.82) is 0 Å². The Labute approximate surface area is 119 Å². The topological polar surface area (TPSA) is 35.5 Å². The van der Waals surface area contributed by atoms with Gasteiger partial charge in [-0.3, -0.25) is 0 Å². The lowest BCUT2D eigenvalue weighted by Crippen LogP contribution is -2.43. The highest BCUT2D eigenvalue weighted by Gasteiger charge is 2.18. The summed E-state index contributed by atoms with van der Waals surface area (Å²) in [5.74, 6) is -0.963. The van der Waals surface area contributed by atoms with E-state index in [9.17, 15) is 13.9 Å². The summed E-state index contributed by atoms with van der Waals surface area (Å²) in [5, 5.41) is 13.3. The van der Waals surface area contributed by atoms with Gasteiger partial charge in [0.1, 0.15) is 11.6 Å². The van der Waals surface area contributed by atoms with E-state index in [4.69, 9.17) is 0 Å². The number of hydrogen-bond donors (Lipinski definition) is 2. The lowest BCUT2D eigenvalue weighted by molar-refractivity contribution is 0.156. The van der Waals surface area contributed by atoms with Gasteiger partial charge in [-0.1, -0.05) is 19.9 Å². The molecule has 1 aromatic carbocycles. The van der Waals surface area contributed by atoms with Crippen LogP contribution >= 0.6 is 0 Å². The largest absolute Gasteiger partial charge is 0.387 e. The molecule has 2 N–H and O–H groups in total. The Kier molecular flexibility index (Phi) is 6.52. The summed E-state index contributed by atoms with van der Waals surface area (Å²) in [4.78, 5) is 2.06. The molecule has 5 heteroatoms. The average molecular weight is 286 g/mol. The van der Waals surface area contributed by atoms with E-state index in [-0.39, 0.29) is 18.2 Å². The molecule has 0 saturated carbocycles. The second-order valence-electron chi connectivity index (χ2n) is 5.70. The Balaban J connectivity index is 2.62. The molecule has 2 unspecified atom stereocenters. The van der Waals surface area contributed by atoms with E-state index >= 15 is 0 Å². The van der Waals surface area contributed by atoms with Gasteiger partial charge in [-0.25, -0.2) is 8.78 Å². The van der Waals surface area contributed by atoms with Crippen LogP contribution in [-0.4, -0.2) is 43.2 Å². The van der Waals surface area contributed by atoms with Crippen molar-refractivity contribution in [2.45, 2.75) is 26.0 Å². The summed E-state index contributed by atoms with van der Waals surface area (Å²) < 4.78 is 26.4. The Bertz CT molecular complexity index is 424. The molecule has 0 aromatic heterocycles. The van der Waals surface area contributed by atoms with Crippen LogP contribution in [0.25, 0.3) is 0 Å². The molecule has 2 atom stereocenters. The molecule has 1 rings (SSSR count). The first kappa shape index (κ1) is 17.0. The molecule has 0 heterocycles. The molecule has 1 aromatic rings. The molecule has 0 amide bonds. The van der Waals surface area contributed by atoms with Crippen LogP contribution in [0.4, 0.5) is 8.78 Å². The Morgan fingerprint density at radius 2 is 1.90 bits per heavy atom. The second-order valence-corrected chi connectivity index (χ2v) is 5.70. The van der Waals surface area contributed by atoms with Crippen molar-refractivity contribution in [2.24, 2.45) is 5.92 Å². The molecule has 0 radical (unpaired) electrons. The zero-order valence-electron chi connectivity index (χ0n) is 12.5. The van der Waals surface area contributed by atoms with Gasteiger partial charge >= 0.3 is 0 Å². The zero-order valence-corrected chi connectivity index (χ0v) is 12.5. The maximum atomic E-state index is 13.6. The third-order valence-electron chi connectivity index (χ3n) is 3.26. The van der Waals surface area contributed by atoms with Gasteiger partial charge in [0.05, 0.1) is 6.10 Å². The standard InChI is InChI=1S/C15H24F2N2O/c1-10(2)14(9-19(3)4)18-8-15(20)12-6-5-11(16)7-13(12)17/h5-7,10,14-15,18,20H,8-9H2,1-4H3. The van der Waals surface area contributed by atoms with E-state index < -0.39 is 17.7 Å². The Morgan fingerprint density at radius 3 is 2.40 bits per heavy atom. The minimum absolute atomic E-state index is 0.117. The minimum Gasteiger partial charge on any atom is -0.387 e. The van der Waals surface area contributed by atoms with Gasteiger partial charge < -0.3 is 15.3 Å². The van der Waals surface area contributed by atoms with Gasteiger partial charge in [-0.15, -0.1) is 0 Å². The van der Waals surface area contributed by atoms with Crippen molar-refractivity contribution in [2.75, 3.05) is 27.2 Å². The Hall–Kier alpha value is -1.04. The number of benzene rings is 1. The number of aliphatic hydroxyl groups is 1. The van der Waals surface area contributed by atoms with Crippen molar-refractivity contribution in [3.8, 4) is 0 Å². The minimum atomic E-state index is -0.987. The number of nitrogens with one attached hydrogen (secondary N) is 1. The first-order valence-electron chi connectivity index (χ1n) is 6.82. The third-order valence-corrected chi connectivity index (χ3v) is 3.26. The van der Waals surface area contributed by atoms with E-state index in [1.165, 1.54) is 6.07 Å². The lowest BCUT2D eigenvalue weighted by atomic mass is 10.0. The highest BCUT2D eigenvalue weighted by Crippen LogP contribution is 2.18. The van der Waals surface area contributed by atoms with Crippen LogP contribution in [0.1, 0.15) is 25.5 Å². The third kappa shape index (κ3) is 5.15. The van der Waals surface area contributed by atoms with Gasteiger partial charge in [0.25, 0.3) is 0 Å². The molecule has 20 heavy (non-hydrogen) atoms. The van der Waals surface area contributed by atoms with Crippen LogP contribution in [0.5, 0.6) is 0 Å². The summed E-state index contributed by atoms with van der Waals surface area (Å²) in [6.45, 7) is 5.24. The van der Waals surface area contributed by atoms with Crippen LogP contribution in [0, 0.1) is 17.6 Å². The number of aliphatic hydroxyl groups excluding tert-OH is 1. The highest BCUT2D eigenvalue weighted by atomic mass is 19.1. The SMILES string of the molecule is CC(C)C(CN(C)C)NCC(O)c1ccc(F)cc1F. The van der Waals surface area contributed by atoms with E-state index in [0.29, 0.717) is 5.92 Å². The van der Waals surface area contributed by atoms with Crippen LogP contribution in [0.2, 0.25) is 0 Å². The average Bonchev–Trinajstić information content (AvgIpc) is 2.33. The zero-order chi connectivity index (χ0) is 15.3. The summed E-state index contributed by atoms with van der Waals surface area (Å²) in [6, 6.07) is 3.43. The number of hydrogen-bond acceptors (Lipinski definition) is 3. The first-order valence-corrected chi connectivity index (χ1v) is 6.82. The molecule has 0 bridgehead atoms. The molecule has 3 nitrogen and oxygen atoms in total. The smallest absolute Gasteiger partial charge is 0.131 e. The van der Waals surface area contributed by atoms with Crippen LogP contribution < -0.4 is 5.32 Å². The normalized spacial score (nSPS) is 14.8. The van der Waals surface area contributed by atoms with E-state index in [1.54, 1.807) is 0 Å². The molecular weight excluding hydrogens is 262 g/mol. The van der Waals surface area contributed by atoms with Gasteiger partial charge in [-0.05, 0) is 26.1 Å².